The number of hydrogen-bond acceptors (Lipinski definition) is 2. The van der Waals surface area contributed by atoms with E-state index >= 15 is 0 Å². The van der Waals surface area contributed by atoms with Crippen LogP contribution < -0.4 is 5.73 Å². The molecule has 0 aliphatic heterocycles. The van der Waals surface area contributed by atoms with Crippen molar-refractivity contribution in [2.45, 2.75) is 59.4 Å². The van der Waals surface area contributed by atoms with E-state index in [1.165, 1.54) is 31.2 Å². The molecular weight excluding hydrogens is 234 g/mol. The van der Waals surface area contributed by atoms with Crippen molar-refractivity contribution >= 4 is 0 Å². The number of nitrogens with two attached hydrogens (primary N) is 1. The van der Waals surface area contributed by atoms with Gasteiger partial charge in [-0.3, -0.25) is 4.68 Å². The third kappa shape index (κ3) is 3.38. The Morgan fingerprint density at radius 3 is 2.58 bits per heavy atom. The minimum atomic E-state index is 0.326. The fourth-order valence-electron chi connectivity index (χ4n) is 3.48. The maximum atomic E-state index is 6.12. The molecule has 108 valence electrons. The van der Waals surface area contributed by atoms with E-state index < -0.39 is 0 Å². The van der Waals surface area contributed by atoms with Gasteiger partial charge in [0.1, 0.15) is 0 Å². The zero-order chi connectivity index (χ0) is 13.9. The molecule has 1 aromatic rings. The Balaban J connectivity index is 2.00. The third-order valence-corrected chi connectivity index (χ3v) is 5.06. The van der Waals surface area contributed by atoms with Gasteiger partial charge in [0.25, 0.3) is 0 Å². The van der Waals surface area contributed by atoms with Gasteiger partial charge in [0.2, 0.25) is 0 Å². The monoisotopic (exact) mass is 263 g/mol. The lowest BCUT2D eigenvalue weighted by atomic mass is 9.66. The summed E-state index contributed by atoms with van der Waals surface area (Å²) < 4.78 is 2.01. The van der Waals surface area contributed by atoms with Crippen molar-refractivity contribution in [3.8, 4) is 0 Å². The molecule has 0 saturated heterocycles. The molecule has 3 heteroatoms. The lowest BCUT2D eigenvalue weighted by Crippen LogP contribution is -2.37. The Labute approximate surface area is 117 Å². The van der Waals surface area contributed by atoms with Gasteiger partial charge < -0.3 is 5.73 Å². The van der Waals surface area contributed by atoms with Crippen molar-refractivity contribution in [2.24, 2.45) is 23.0 Å². The van der Waals surface area contributed by atoms with Crippen molar-refractivity contribution in [1.82, 2.24) is 9.78 Å². The molecule has 3 nitrogen and oxygen atoms in total. The smallest absolute Gasteiger partial charge is 0.0521 e. The predicted molar refractivity (Wildman–Crippen MR) is 79.9 cm³/mol. The Morgan fingerprint density at radius 2 is 2.11 bits per heavy atom. The highest BCUT2D eigenvalue weighted by molar-refractivity contribution is 5.09. The molecule has 19 heavy (non-hydrogen) atoms. The van der Waals surface area contributed by atoms with Crippen LogP contribution in [0.2, 0.25) is 0 Å². The summed E-state index contributed by atoms with van der Waals surface area (Å²) in [5, 5.41) is 4.38. The summed E-state index contributed by atoms with van der Waals surface area (Å²) in [6, 6.07) is 0. The largest absolute Gasteiger partial charge is 0.330 e. The van der Waals surface area contributed by atoms with Crippen molar-refractivity contribution < 1.29 is 0 Å². The molecule has 0 bridgehead atoms. The van der Waals surface area contributed by atoms with E-state index in [1.54, 1.807) is 0 Å². The number of nitrogens with zero attached hydrogens (tertiary/aromatic N) is 2. The molecule has 0 aromatic carbocycles. The molecule has 1 aliphatic carbocycles. The average Bonchev–Trinajstić information content (AvgIpc) is 2.86. The summed E-state index contributed by atoms with van der Waals surface area (Å²) in [4.78, 5) is 0. The van der Waals surface area contributed by atoms with Crippen molar-refractivity contribution in [3.63, 3.8) is 0 Å². The molecule has 1 aromatic heterocycles. The summed E-state index contributed by atoms with van der Waals surface area (Å²) in [5.74, 6) is 1.72. The second kappa shape index (κ2) is 6.08. The van der Waals surface area contributed by atoms with Crippen molar-refractivity contribution in [2.75, 3.05) is 6.54 Å². The van der Waals surface area contributed by atoms with Crippen LogP contribution in [0.4, 0.5) is 0 Å². The normalized spacial score (nSPS) is 27.9. The van der Waals surface area contributed by atoms with Gasteiger partial charge in [0.15, 0.2) is 0 Å². The summed E-state index contributed by atoms with van der Waals surface area (Å²) in [7, 11) is 0. The van der Waals surface area contributed by atoms with Gasteiger partial charge in [0.05, 0.1) is 6.20 Å². The molecule has 2 rings (SSSR count). The van der Waals surface area contributed by atoms with E-state index in [0.29, 0.717) is 5.41 Å². The van der Waals surface area contributed by atoms with Crippen LogP contribution in [-0.2, 0) is 13.0 Å². The van der Waals surface area contributed by atoms with Crippen LogP contribution in [-0.4, -0.2) is 16.3 Å². The molecule has 0 radical (unpaired) electrons. The molecule has 1 saturated carbocycles. The van der Waals surface area contributed by atoms with Gasteiger partial charge in [-0.2, -0.15) is 5.10 Å². The Bertz CT molecular complexity index is 386. The molecule has 1 heterocycles. The van der Waals surface area contributed by atoms with Crippen LogP contribution in [0, 0.1) is 17.3 Å². The maximum absolute atomic E-state index is 6.12. The van der Waals surface area contributed by atoms with Crippen molar-refractivity contribution in [3.05, 3.63) is 18.0 Å². The summed E-state index contributed by atoms with van der Waals surface area (Å²) in [6.07, 6.45) is 10.6. The second-order valence-corrected chi connectivity index (χ2v) is 6.67. The minimum absolute atomic E-state index is 0.326. The molecule has 1 fully saturated rings. The second-order valence-electron chi connectivity index (χ2n) is 6.67. The number of aromatic nitrogens is 2. The lowest BCUT2D eigenvalue weighted by Gasteiger charge is -2.40. The minimum Gasteiger partial charge on any atom is -0.330 e. The van der Waals surface area contributed by atoms with Crippen LogP contribution in [0.5, 0.6) is 0 Å². The number of hydrogen-bond donors (Lipinski definition) is 1. The topological polar surface area (TPSA) is 43.8 Å². The zero-order valence-electron chi connectivity index (χ0n) is 12.7. The summed E-state index contributed by atoms with van der Waals surface area (Å²) >= 11 is 0. The molecule has 2 N–H and O–H groups in total. The highest BCUT2D eigenvalue weighted by Crippen LogP contribution is 2.42. The van der Waals surface area contributed by atoms with E-state index in [9.17, 15) is 0 Å². The van der Waals surface area contributed by atoms with Crippen LogP contribution in [0.25, 0.3) is 0 Å². The first-order valence-electron chi connectivity index (χ1n) is 7.80. The number of aryl methyl sites for hydroxylation is 1. The third-order valence-electron chi connectivity index (χ3n) is 5.06. The Kier molecular flexibility index (Phi) is 4.67. The first-order chi connectivity index (χ1) is 9.08. The first-order valence-corrected chi connectivity index (χ1v) is 7.80. The van der Waals surface area contributed by atoms with Crippen LogP contribution in [0.3, 0.4) is 0 Å². The maximum Gasteiger partial charge on any atom is 0.0521 e. The lowest BCUT2D eigenvalue weighted by molar-refractivity contribution is 0.132. The summed E-state index contributed by atoms with van der Waals surface area (Å²) in [5.41, 5.74) is 7.80. The molecule has 1 aliphatic rings. The molecule has 0 spiro atoms. The number of rotatable bonds is 5. The fraction of sp³-hybridized carbons (Fsp3) is 0.812. The van der Waals surface area contributed by atoms with Crippen LogP contribution in [0.15, 0.2) is 12.4 Å². The molecular formula is C16H29N3. The Morgan fingerprint density at radius 1 is 1.42 bits per heavy atom. The van der Waals surface area contributed by atoms with E-state index in [0.717, 1.165) is 31.3 Å². The standard InChI is InChI=1S/C16H29N3/c1-4-19-11-14(10-18-19)9-16(12-17)7-5-15(6-8-16)13(2)3/h10-11,13,15H,4-9,12,17H2,1-3H3. The highest BCUT2D eigenvalue weighted by atomic mass is 15.3. The van der Waals surface area contributed by atoms with Gasteiger partial charge >= 0.3 is 0 Å². The van der Waals surface area contributed by atoms with Gasteiger partial charge in [-0.05, 0) is 68.4 Å². The summed E-state index contributed by atoms with van der Waals surface area (Å²) in [6.45, 7) is 8.60. The first kappa shape index (κ1) is 14.6. The predicted octanol–water partition coefficient (Wildman–Crippen LogP) is 3.24. The van der Waals surface area contributed by atoms with E-state index in [1.807, 2.05) is 10.9 Å². The zero-order valence-corrected chi connectivity index (χ0v) is 12.7. The molecule has 0 atom stereocenters. The fourth-order valence-corrected chi connectivity index (χ4v) is 3.48. The van der Waals surface area contributed by atoms with E-state index in [4.69, 9.17) is 5.73 Å². The van der Waals surface area contributed by atoms with Gasteiger partial charge in [0, 0.05) is 12.7 Å². The van der Waals surface area contributed by atoms with E-state index in [-0.39, 0.29) is 0 Å². The molecule has 0 unspecified atom stereocenters. The quantitative estimate of drug-likeness (QED) is 0.886. The Hall–Kier alpha value is -0.830. The van der Waals surface area contributed by atoms with Crippen LogP contribution >= 0.6 is 0 Å². The van der Waals surface area contributed by atoms with Crippen LogP contribution in [0.1, 0.15) is 52.0 Å². The molecule has 0 amide bonds. The van der Waals surface area contributed by atoms with E-state index in [2.05, 4.69) is 32.1 Å². The SMILES string of the molecule is CCn1cc(CC2(CN)CCC(C(C)C)CC2)cn1. The van der Waals surface area contributed by atoms with Gasteiger partial charge in [-0.25, -0.2) is 0 Å². The van der Waals surface area contributed by atoms with Crippen molar-refractivity contribution in [1.29, 1.82) is 0 Å². The van der Waals surface area contributed by atoms with Gasteiger partial charge in [-0.15, -0.1) is 0 Å². The average molecular weight is 263 g/mol. The highest BCUT2D eigenvalue weighted by Gasteiger charge is 2.35. The van der Waals surface area contributed by atoms with Gasteiger partial charge in [-0.1, -0.05) is 13.8 Å².